The number of benzene rings is 2. The van der Waals surface area contributed by atoms with Gasteiger partial charge in [-0.15, -0.1) is 0 Å². The van der Waals surface area contributed by atoms with E-state index in [0.717, 1.165) is 31.4 Å². The van der Waals surface area contributed by atoms with Crippen molar-refractivity contribution in [2.24, 2.45) is 0 Å². The normalized spacial score (nSPS) is 15.6. The lowest BCUT2D eigenvalue weighted by Gasteiger charge is -2.22. The monoisotopic (exact) mass is 402 g/mol. The van der Waals surface area contributed by atoms with Gasteiger partial charge in [0, 0.05) is 31.4 Å². The van der Waals surface area contributed by atoms with Gasteiger partial charge in [0.2, 0.25) is 10.0 Å². The van der Waals surface area contributed by atoms with Crippen LogP contribution in [0.15, 0.2) is 53.4 Å². The van der Waals surface area contributed by atoms with Crippen molar-refractivity contribution >= 4 is 21.6 Å². The first-order valence-electron chi connectivity index (χ1n) is 9.46. The lowest BCUT2D eigenvalue weighted by atomic mass is 10.2. The second-order valence-electron chi connectivity index (χ2n) is 6.88. The molecule has 1 aliphatic heterocycles. The van der Waals surface area contributed by atoms with Gasteiger partial charge < -0.3 is 9.64 Å². The van der Waals surface area contributed by atoms with Gasteiger partial charge in [-0.3, -0.25) is 4.79 Å². The van der Waals surface area contributed by atoms with Gasteiger partial charge in [-0.05, 0) is 43.2 Å². The number of ether oxygens (including phenoxy) is 1. The van der Waals surface area contributed by atoms with Gasteiger partial charge in [0.05, 0.1) is 7.11 Å². The smallest absolute Gasteiger partial charge is 0.258 e. The van der Waals surface area contributed by atoms with E-state index in [9.17, 15) is 13.2 Å². The molecule has 7 heteroatoms. The van der Waals surface area contributed by atoms with Crippen molar-refractivity contribution in [3.05, 3.63) is 54.1 Å². The number of anilines is 1. The van der Waals surface area contributed by atoms with E-state index in [2.05, 4.69) is 0 Å². The number of carbonyl (C=O) groups excluding carboxylic acids is 1. The Morgan fingerprint density at radius 2 is 1.64 bits per heavy atom. The zero-order valence-electron chi connectivity index (χ0n) is 16.3. The summed E-state index contributed by atoms with van der Waals surface area (Å²) in [5.74, 6) is -0.0238. The molecule has 28 heavy (non-hydrogen) atoms. The largest absolute Gasteiger partial charge is 0.495 e. The first-order chi connectivity index (χ1) is 13.4. The molecule has 0 radical (unpaired) electrons. The molecule has 0 unspecified atom stereocenters. The second-order valence-corrected chi connectivity index (χ2v) is 8.79. The Balaban J connectivity index is 1.97. The second kappa shape index (κ2) is 8.75. The van der Waals surface area contributed by atoms with Gasteiger partial charge in [-0.25, -0.2) is 8.42 Å². The summed E-state index contributed by atoms with van der Waals surface area (Å²) < 4.78 is 33.3. The Morgan fingerprint density at radius 3 is 2.25 bits per heavy atom. The minimum absolute atomic E-state index is 0.0456. The Hall–Kier alpha value is -2.38. The van der Waals surface area contributed by atoms with Crippen molar-refractivity contribution in [2.75, 3.05) is 32.1 Å². The van der Waals surface area contributed by atoms with Crippen LogP contribution in [0.3, 0.4) is 0 Å². The first kappa shape index (κ1) is 20.4. The zero-order chi connectivity index (χ0) is 20.1. The van der Waals surface area contributed by atoms with E-state index in [0.29, 0.717) is 18.7 Å². The van der Waals surface area contributed by atoms with Crippen LogP contribution >= 0.6 is 0 Å². The summed E-state index contributed by atoms with van der Waals surface area (Å²) in [6.45, 7) is 0.987. The lowest BCUT2D eigenvalue weighted by molar-refractivity contribution is 0.0992. The molecule has 1 aliphatic rings. The van der Waals surface area contributed by atoms with E-state index in [-0.39, 0.29) is 16.6 Å². The Morgan fingerprint density at radius 1 is 1.00 bits per heavy atom. The zero-order valence-corrected chi connectivity index (χ0v) is 17.1. The molecule has 0 bridgehead atoms. The van der Waals surface area contributed by atoms with Crippen LogP contribution in [-0.2, 0) is 10.0 Å². The van der Waals surface area contributed by atoms with Crippen LogP contribution < -0.4 is 9.64 Å². The summed E-state index contributed by atoms with van der Waals surface area (Å²) in [5, 5.41) is 0. The highest BCUT2D eigenvalue weighted by Crippen LogP contribution is 2.30. The fourth-order valence-corrected chi connectivity index (χ4v) is 5.09. The van der Waals surface area contributed by atoms with E-state index in [1.54, 1.807) is 19.2 Å². The molecule has 2 aromatic carbocycles. The van der Waals surface area contributed by atoms with Crippen LogP contribution in [0.4, 0.5) is 5.69 Å². The van der Waals surface area contributed by atoms with Gasteiger partial charge in [0.15, 0.2) is 0 Å². The number of carbonyl (C=O) groups is 1. The molecule has 2 aromatic rings. The molecule has 0 aliphatic carbocycles. The molecule has 1 heterocycles. The quantitative estimate of drug-likeness (QED) is 0.767. The fraction of sp³-hybridized carbons (Fsp3) is 0.381. The van der Waals surface area contributed by atoms with Crippen molar-refractivity contribution in [1.82, 2.24) is 4.31 Å². The highest BCUT2D eigenvalue weighted by molar-refractivity contribution is 7.89. The Labute approximate surface area is 166 Å². The predicted octanol–water partition coefficient (Wildman–Crippen LogP) is 3.54. The molecule has 0 saturated carbocycles. The van der Waals surface area contributed by atoms with Gasteiger partial charge in [-0.2, -0.15) is 4.31 Å². The van der Waals surface area contributed by atoms with Crippen LogP contribution in [0.5, 0.6) is 5.75 Å². The minimum atomic E-state index is -3.74. The summed E-state index contributed by atoms with van der Waals surface area (Å²) in [6.07, 6.45) is 3.75. The summed E-state index contributed by atoms with van der Waals surface area (Å²) >= 11 is 0. The molecule has 1 fully saturated rings. The third-order valence-corrected chi connectivity index (χ3v) is 6.96. The number of amides is 1. The number of sulfonamides is 1. The van der Waals surface area contributed by atoms with Crippen LogP contribution in [0.25, 0.3) is 0 Å². The maximum Gasteiger partial charge on any atom is 0.258 e. The average Bonchev–Trinajstić information content (AvgIpc) is 3.03. The highest BCUT2D eigenvalue weighted by atomic mass is 32.2. The molecule has 0 spiro atoms. The van der Waals surface area contributed by atoms with E-state index in [4.69, 9.17) is 4.74 Å². The van der Waals surface area contributed by atoms with Crippen LogP contribution in [-0.4, -0.2) is 45.9 Å². The maximum atomic E-state index is 13.3. The van der Waals surface area contributed by atoms with Crippen LogP contribution in [0, 0.1) is 0 Å². The summed E-state index contributed by atoms with van der Waals surface area (Å²) in [7, 11) is -0.627. The minimum Gasteiger partial charge on any atom is -0.495 e. The Kier molecular flexibility index (Phi) is 6.36. The number of nitrogens with zero attached hydrogens (tertiary/aromatic N) is 2. The topological polar surface area (TPSA) is 66.9 Å². The molecule has 1 amide bonds. The number of hydrogen-bond acceptors (Lipinski definition) is 4. The van der Waals surface area contributed by atoms with Crippen LogP contribution in [0.2, 0.25) is 0 Å². The average molecular weight is 403 g/mol. The molecule has 0 atom stereocenters. The molecule has 6 nitrogen and oxygen atoms in total. The standard InChI is InChI=1S/C21H26N2O4S/c1-22(18-10-6-5-7-11-18)21(24)17-12-13-19(27-2)20(16-17)28(25,26)23-14-8-3-4-9-15-23/h5-7,10-13,16H,3-4,8-9,14-15H2,1-2H3. The van der Waals surface area contributed by atoms with Crippen molar-refractivity contribution in [2.45, 2.75) is 30.6 Å². The number of methoxy groups -OCH3 is 1. The van der Waals surface area contributed by atoms with E-state index in [1.807, 2.05) is 30.3 Å². The molecular weight excluding hydrogens is 376 g/mol. The van der Waals surface area contributed by atoms with Crippen molar-refractivity contribution in [3.63, 3.8) is 0 Å². The lowest BCUT2D eigenvalue weighted by Crippen LogP contribution is -2.32. The van der Waals surface area contributed by atoms with E-state index in [1.165, 1.54) is 22.4 Å². The third kappa shape index (κ3) is 4.20. The third-order valence-electron chi connectivity index (χ3n) is 5.04. The summed E-state index contributed by atoms with van der Waals surface area (Å²) in [5.41, 5.74) is 1.04. The van der Waals surface area contributed by atoms with Crippen molar-refractivity contribution in [1.29, 1.82) is 0 Å². The maximum absolute atomic E-state index is 13.3. The molecule has 0 N–H and O–H groups in total. The van der Waals surface area contributed by atoms with Crippen molar-refractivity contribution < 1.29 is 17.9 Å². The van der Waals surface area contributed by atoms with Crippen LogP contribution in [0.1, 0.15) is 36.0 Å². The van der Waals surface area contributed by atoms with Crippen molar-refractivity contribution in [3.8, 4) is 5.75 Å². The SMILES string of the molecule is COc1ccc(C(=O)N(C)c2ccccc2)cc1S(=O)(=O)N1CCCCCC1. The predicted molar refractivity (Wildman–Crippen MR) is 109 cm³/mol. The van der Waals surface area contributed by atoms with E-state index >= 15 is 0 Å². The van der Waals surface area contributed by atoms with E-state index < -0.39 is 10.0 Å². The summed E-state index contributed by atoms with van der Waals surface area (Å²) in [4.78, 5) is 14.5. The number of hydrogen-bond donors (Lipinski definition) is 0. The highest BCUT2D eigenvalue weighted by Gasteiger charge is 2.29. The Bertz CT molecular complexity index is 921. The van der Waals surface area contributed by atoms with Gasteiger partial charge in [-0.1, -0.05) is 31.0 Å². The molecule has 3 rings (SSSR count). The van der Waals surface area contributed by atoms with Gasteiger partial charge in [0.1, 0.15) is 10.6 Å². The number of rotatable bonds is 5. The molecule has 1 saturated heterocycles. The summed E-state index contributed by atoms with van der Waals surface area (Å²) in [6, 6.07) is 13.8. The molecule has 150 valence electrons. The van der Waals surface area contributed by atoms with Gasteiger partial charge >= 0.3 is 0 Å². The molecular formula is C21H26N2O4S. The first-order valence-corrected chi connectivity index (χ1v) is 10.9. The number of para-hydroxylation sites is 1. The fourth-order valence-electron chi connectivity index (χ4n) is 3.39. The molecule has 0 aromatic heterocycles. The van der Waals surface area contributed by atoms with Gasteiger partial charge in [0.25, 0.3) is 5.91 Å².